The minimum atomic E-state index is -0.551. The first kappa shape index (κ1) is 20.5. The van der Waals surface area contributed by atoms with Crippen LogP contribution in [-0.4, -0.2) is 38.9 Å². The summed E-state index contributed by atoms with van der Waals surface area (Å²) in [6, 6.07) is 5.53. The molecule has 1 saturated heterocycles. The highest BCUT2D eigenvalue weighted by atomic mass is 32.1. The van der Waals surface area contributed by atoms with Crippen molar-refractivity contribution in [3.05, 3.63) is 54.7 Å². The molecular formula is C20H22N4O4S2. The van der Waals surface area contributed by atoms with Gasteiger partial charge < -0.3 is 10.2 Å². The first-order chi connectivity index (χ1) is 14.5. The maximum absolute atomic E-state index is 13.0. The van der Waals surface area contributed by atoms with Crippen LogP contribution in [0, 0.1) is 0 Å². The Morgan fingerprint density at radius 1 is 1.03 bits per heavy atom. The second-order valence-electron chi connectivity index (χ2n) is 7.15. The number of fused-ring (bicyclic) bond motifs is 1. The molecule has 1 fully saturated rings. The van der Waals surface area contributed by atoms with E-state index in [1.54, 1.807) is 27.7 Å². The number of thiophene rings is 2. The Bertz CT molecular complexity index is 1170. The Morgan fingerprint density at radius 2 is 1.83 bits per heavy atom. The average molecular weight is 447 g/mol. The van der Waals surface area contributed by atoms with Gasteiger partial charge in [-0.3, -0.25) is 23.5 Å². The summed E-state index contributed by atoms with van der Waals surface area (Å²) in [4.78, 5) is 53.4. The SMILES string of the molecule is O=C(CCn1c(=O)c2sccc2n(CC(=O)N2CCCC2)c1=O)NCc1cccs1. The number of hydrogen-bond donors (Lipinski definition) is 1. The van der Waals surface area contributed by atoms with Gasteiger partial charge in [-0.25, -0.2) is 4.79 Å². The molecule has 3 aromatic heterocycles. The molecule has 2 amide bonds. The molecule has 0 radical (unpaired) electrons. The van der Waals surface area contributed by atoms with Crippen LogP contribution in [0.3, 0.4) is 0 Å². The number of nitrogens with one attached hydrogen (secondary N) is 1. The van der Waals surface area contributed by atoms with E-state index in [-0.39, 0.29) is 31.3 Å². The summed E-state index contributed by atoms with van der Waals surface area (Å²) in [7, 11) is 0. The molecule has 4 rings (SSSR count). The number of rotatable bonds is 7. The van der Waals surface area contributed by atoms with E-state index >= 15 is 0 Å². The molecule has 158 valence electrons. The van der Waals surface area contributed by atoms with Crippen LogP contribution in [0.15, 0.2) is 38.5 Å². The first-order valence-electron chi connectivity index (χ1n) is 9.82. The van der Waals surface area contributed by atoms with Gasteiger partial charge in [0.25, 0.3) is 5.56 Å². The summed E-state index contributed by atoms with van der Waals surface area (Å²) in [6.45, 7) is 1.69. The van der Waals surface area contributed by atoms with E-state index < -0.39 is 11.2 Å². The van der Waals surface area contributed by atoms with Crippen molar-refractivity contribution in [1.29, 1.82) is 0 Å². The normalized spacial score (nSPS) is 13.8. The fourth-order valence-electron chi connectivity index (χ4n) is 3.59. The molecule has 0 atom stereocenters. The van der Waals surface area contributed by atoms with Crippen LogP contribution in [0.4, 0.5) is 0 Å². The second-order valence-corrected chi connectivity index (χ2v) is 9.10. The van der Waals surface area contributed by atoms with Gasteiger partial charge in [0.15, 0.2) is 0 Å². The lowest BCUT2D eigenvalue weighted by atomic mass is 10.3. The number of aromatic nitrogens is 2. The summed E-state index contributed by atoms with van der Waals surface area (Å²) in [5.74, 6) is -0.360. The lowest BCUT2D eigenvalue weighted by molar-refractivity contribution is -0.130. The Hall–Kier alpha value is -2.72. The van der Waals surface area contributed by atoms with Crippen LogP contribution >= 0.6 is 22.7 Å². The van der Waals surface area contributed by atoms with Crippen molar-refractivity contribution in [3.63, 3.8) is 0 Å². The van der Waals surface area contributed by atoms with Gasteiger partial charge in [0, 0.05) is 30.9 Å². The lowest BCUT2D eigenvalue weighted by Crippen LogP contribution is -2.43. The summed E-state index contributed by atoms with van der Waals surface area (Å²) >= 11 is 2.78. The largest absolute Gasteiger partial charge is 0.351 e. The quantitative estimate of drug-likeness (QED) is 0.597. The van der Waals surface area contributed by atoms with Gasteiger partial charge in [0.05, 0.1) is 12.1 Å². The standard InChI is InChI=1S/C20H22N4O4S2/c25-16(21-12-14-4-3-10-29-14)5-9-23-19(27)18-15(6-11-30-18)24(20(23)28)13-17(26)22-7-1-2-8-22/h3-4,6,10-11H,1-2,5,7-9,12-13H2,(H,21,25). The van der Waals surface area contributed by atoms with Crippen LogP contribution in [0.2, 0.25) is 0 Å². The number of carbonyl (C=O) groups is 2. The van der Waals surface area contributed by atoms with E-state index in [1.165, 1.54) is 15.9 Å². The molecule has 4 heterocycles. The van der Waals surface area contributed by atoms with Crippen LogP contribution < -0.4 is 16.6 Å². The molecule has 1 N–H and O–H groups in total. The molecule has 0 spiro atoms. The highest BCUT2D eigenvalue weighted by Gasteiger charge is 2.22. The average Bonchev–Trinajstić information content (AvgIpc) is 3.50. The topological polar surface area (TPSA) is 93.4 Å². The van der Waals surface area contributed by atoms with Crippen LogP contribution in [-0.2, 0) is 29.2 Å². The summed E-state index contributed by atoms with van der Waals surface area (Å²) in [5.41, 5.74) is -0.494. The van der Waals surface area contributed by atoms with Gasteiger partial charge in [-0.2, -0.15) is 0 Å². The van der Waals surface area contributed by atoms with E-state index in [9.17, 15) is 19.2 Å². The maximum Gasteiger partial charge on any atom is 0.332 e. The number of nitrogens with zero attached hydrogens (tertiary/aromatic N) is 3. The lowest BCUT2D eigenvalue weighted by Gasteiger charge is -2.17. The second kappa shape index (κ2) is 8.97. The minimum Gasteiger partial charge on any atom is -0.351 e. The summed E-state index contributed by atoms with van der Waals surface area (Å²) < 4.78 is 2.85. The number of carbonyl (C=O) groups excluding carboxylic acids is 2. The Balaban J connectivity index is 1.53. The Kier molecular flexibility index (Phi) is 6.14. The number of likely N-dealkylation sites (tertiary alicyclic amines) is 1. The zero-order valence-electron chi connectivity index (χ0n) is 16.3. The molecule has 1 aliphatic rings. The maximum atomic E-state index is 13.0. The monoisotopic (exact) mass is 446 g/mol. The third-order valence-corrected chi connectivity index (χ3v) is 6.96. The molecular weight excluding hydrogens is 424 g/mol. The predicted molar refractivity (Wildman–Crippen MR) is 117 cm³/mol. The molecule has 0 bridgehead atoms. The molecule has 0 aliphatic carbocycles. The van der Waals surface area contributed by atoms with E-state index in [0.717, 1.165) is 22.3 Å². The van der Waals surface area contributed by atoms with Crippen molar-refractivity contribution < 1.29 is 9.59 Å². The van der Waals surface area contributed by atoms with Crippen LogP contribution in [0.1, 0.15) is 24.1 Å². The van der Waals surface area contributed by atoms with Crippen molar-refractivity contribution in [2.24, 2.45) is 0 Å². The molecule has 0 unspecified atom stereocenters. The highest BCUT2D eigenvalue weighted by molar-refractivity contribution is 7.17. The molecule has 0 saturated carbocycles. The molecule has 3 aromatic rings. The smallest absolute Gasteiger partial charge is 0.332 e. The van der Waals surface area contributed by atoms with Gasteiger partial charge >= 0.3 is 5.69 Å². The van der Waals surface area contributed by atoms with Crippen molar-refractivity contribution >= 4 is 44.7 Å². The van der Waals surface area contributed by atoms with Crippen LogP contribution in [0.5, 0.6) is 0 Å². The van der Waals surface area contributed by atoms with E-state index in [2.05, 4.69) is 5.32 Å². The Morgan fingerprint density at radius 3 is 2.57 bits per heavy atom. The van der Waals surface area contributed by atoms with E-state index in [1.807, 2.05) is 17.5 Å². The molecule has 8 nitrogen and oxygen atoms in total. The highest BCUT2D eigenvalue weighted by Crippen LogP contribution is 2.16. The fourth-order valence-corrected chi connectivity index (χ4v) is 5.07. The Labute approximate surface area is 180 Å². The third-order valence-electron chi connectivity index (χ3n) is 5.19. The van der Waals surface area contributed by atoms with Crippen molar-refractivity contribution in [1.82, 2.24) is 19.4 Å². The molecule has 1 aliphatic heterocycles. The van der Waals surface area contributed by atoms with Crippen LogP contribution in [0.25, 0.3) is 10.2 Å². The van der Waals surface area contributed by atoms with Gasteiger partial charge in [0.1, 0.15) is 11.2 Å². The third kappa shape index (κ3) is 4.24. The zero-order valence-corrected chi connectivity index (χ0v) is 18.0. The predicted octanol–water partition coefficient (Wildman–Crippen LogP) is 1.62. The van der Waals surface area contributed by atoms with Crippen molar-refractivity contribution in [3.8, 4) is 0 Å². The summed E-state index contributed by atoms with van der Waals surface area (Å²) in [6.07, 6.45) is 1.95. The van der Waals surface area contributed by atoms with Gasteiger partial charge in [-0.1, -0.05) is 6.07 Å². The first-order valence-corrected chi connectivity index (χ1v) is 11.6. The van der Waals surface area contributed by atoms with Gasteiger partial charge in [0.2, 0.25) is 11.8 Å². The van der Waals surface area contributed by atoms with E-state index in [4.69, 9.17) is 0 Å². The molecule has 0 aromatic carbocycles. The fraction of sp³-hybridized carbons (Fsp3) is 0.400. The number of amides is 2. The van der Waals surface area contributed by atoms with Crippen molar-refractivity contribution in [2.45, 2.75) is 38.9 Å². The zero-order chi connectivity index (χ0) is 21.1. The molecule has 30 heavy (non-hydrogen) atoms. The molecule has 10 heteroatoms. The minimum absolute atomic E-state index is 0.0114. The van der Waals surface area contributed by atoms with E-state index in [0.29, 0.717) is 29.9 Å². The summed E-state index contributed by atoms with van der Waals surface area (Å²) in [5, 5.41) is 6.47. The van der Waals surface area contributed by atoms with Gasteiger partial charge in [-0.15, -0.1) is 22.7 Å². The van der Waals surface area contributed by atoms with Gasteiger partial charge in [-0.05, 0) is 35.7 Å². The number of hydrogen-bond acceptors (Lipinski definition) is 6. The van der Waals surface area contributed by atoms with Crippen molar-refractivity contribution in [2.75, 3.05) is 13.1 Å².